The van der Waals surface area contributed by atoms with Crippen LogP contribution in [0.1, 0.15) is 24.8 Å². The molecule has 1 aromatic heterocycles. The average molecular weight is 217 g/mol. The molecule has 0 spiro atoms. The minimum absolute atomic E-state index is 0.233. The van der Waals surface area contributed by atoms with Gasteiger partial charge in [-0.05, 0) is 24.5 Å². The Bertz CT molecular complexity index is 369. The Balaban J connectivity index is 2.21. The molecule has 3 nitrogen and oxygen atoms in total. The zero-order chi connectivity index (χ0) is 11.6. The predicted molar refractivity (Wildman–Crippen MR) is 63.9 cm³/mol. The van der Waals surface area contributed by atoms with Crippen molar-refractivity contribution in [1.29, 1.82) is 0 Å². The minimum Gasteiger partial charge on any atom is -0.481 e. The van der Waals surface area contributed by atoms with E-state index in [4.69, 9.17) is 5.11 Å². The van der Waals surface area contributed by atoms with Crippen LogP contribution in [0, 0.1) is 0 Å². The Labute approximate surface area is 95.1 Å². The van der Waals surface area contributed by atoms with Crippen molar-refractivity contribution in [2.45, 2.75) is 19.3 Å². The summed E-state index contributed by atoms with van der Waals surface area (Å²) in [6.07, 6.45) is 13.0. The number of aliphatic carboxylic acids is 1. The quantitative estimate of drug-likeness (QED) is 0.588. The number of hydrogen-bond acceptors (Lipinski definition) is 2. The molecule has 0 aromatic carbocycles. The van der Waals surface area contributed by atoms with E-state index in [-0.39, 0.29) is 6.42 Å². The van der Waals surface area contributed by atoms with Crippen molar-refractivity contribution in [3.05, 3.63) is 48.3 Å². The van der Waals surface area contributed by atoms with Crippen molar-refractivity contribution >= 4 is 12.0 Å². The normalized spacial score (nSPS) is 11.2. The first kappa shape index (κ1) is 12.2. The van der Waals surface area contributed by atoms with Gasteiger partial charge < -0.3 is 5.11 Å². The number of allylic oxidation sites excluding steroid dienone is 3. The van der Waals surface area contributed by atoms with Crippen LogP contribution in [0.4, 0.5) is 0 Å². The molecule has 0 aliphatic rings. The van der Waals surface area contributed by atoms with Crippen LogP contribution in [0.25, 0.3) is 6.08 Å². The van der Waals surface area contributed by atoms with Gasteiger partial charge in [0.05, 0.1) is 0 Å². The molecule has 0 radical (unpaired) electrons. The van der Waals surface area contributed by atoms with Crippen molar-refractivity contribution in [3.8, 4) is 0 Å². The summed E-state index contributed by atoms with van der Waals surface area (Å²) < 4.78 is 0. The second kappa shape index (κ2) is 7.40. The van der Waals surface area contributed by atoms with E-state index in [0.717, 1.165) is 12.0 Å². The van der Waals surface area contributed by atoms with Crippen LogP contribution in [0.5, 0.6) is 0 Å². The maximum Gasteiger partial charge on any atom is 0.303 e. The number of hydrogen-bond donors (Lipinski definition) is 1. The zero-order valence-electron chi connectivity index (χ0n) is 9.04. The molecule has 1 heterocycles. The number of nitrogens with zero attached hydrogens (tertiary/aromatic N) is 1. The third-order valence-electron chi connectivity index (χ3n) is 1.98. The number of aromatic nitrogens is 1. The molecule has 1 aromatic rings. The van der Waals surface area contributed by atoms with Crippen LogP contribution in [0.3, 0.4) is 0 Å². The van der Waals surface area contributed by atoms with E-state index in [0.29, 0.717) is 6.42 Å². The van der Waals surface area contributed by atoms with Crippen molar-refractivity contribution in [2.24, 2.45) is 0 Å². The average Bonchev–Trinajstić information content (AvgIpc) is 2.29. The second-order valence-electron chi connectivity index (χ2n) is 3.36. The Morgan fingerprint density at radius 3 is 3.00 bits per heavy atom. The lowest BCUT2D eigenvalue weighted by Crippen LogP contribution is -1.92. The number of carboxylic acid groups (broad SMARTS) is 1. The highest BCUT2D eigenvalue weighted by Gasteiger charge is 1.92. The number of carbonyl (C=O) groups is 1. The Kier molecular flexibility index (Phi) is 5.63. The number of rotatable bonds is 6. The lowest BCUT2D eigenvalue weighted by Gasteiger charge is -1.90. The highest BCUT2D eigenvalue weighted by Crippen LogP contribution is 2.00. The highest BCUT2D eigenvalue weighted by atomic mass is 16.4. The highest BCUT2D eigenvalue weighted by molar-refractivity contribution is 5.66. The van der Waals surface area contributed by atoms with Gasteiger partial charge in [0.2, 0.25) is 0 Å². The smallest absolute Gasteiger partial charge is 0.303 e. The maximum atomic E-state index is 10.2. The van der Waals surface area contributed by atoms with Gasteiger partial charge in [-0.2, -0.15) is 0 Å². The summed E-state index contributed by atoms with van der Waals surface area (Å²) in [7, 11) is 0. The summed E-state index contributed by atoms with van der Waals surface area (Å²) >= 11 is 0. The van der Waals surface area contributed by atoms with Gasteiger partial charge in [-0.3, -0.25) is 9.78 Å². The first-order valence-corrected chi connectivity index (χ1v) is 5.24. The van der Waals surface area contributed by atoms with Gasteiger partial charge >= 0.3 is 5.97 Å². The number of pyridine rings is 1. The van der Waals surface area contributed by atoms with Crippen molar-refractivity contribution in [1.82, 2.24) is 4.98 Å². The standard InChI is InChI=1S/C13H15NO2/c15-13(16)9-5-3-1-2-4-7-12-8-6-10-14-11-12/h1-2,4,6-8,10-11H,3,5,9H2,(H,15,16). The van der Waals surface area contributed by atoms with E-state index >= 15 is 0 Å². The van der Waals surface area contributed by atoms with Crippen molar-refractivity contribution < 1.29 is 9.90 Å². The van der Waals surface area contributed by atoms with Gasteiger partial charge in [-0.1, -0.05) is 30.4 Å². The molecular weight excluding hydrogens is 202 g/mol. The largest absolute Gasteiger partial charge is 0.481 e. The van der Waals surface area contributed by atoms with Gasteiger partial charge in [-0.25, -0.2) is 0 Å². The number of carboxylic acids is 1. The third kappa shape index (κ3) is 5.75. The summed E-state index contributed by atoms with van der Waals surface area (Å²) in [4.78, 5) is 14.2. The van der Waals surface area contributed by atoms with E-state index < -0.39 is 5.97 Å². The van der Waals surface area contributed by atoms with E-state index in [1.54, 1.807) is 12.4 Å². The van der Waals surface area contributed by atoms with Gasteiger partial charge in [0.1, 0.15) is 0 Å². The molecular formula is C13H15NO2. The lowest BCUT2D eigenvalue weighted by molar-refractivity contribution is -0.137. The fourth-order valence-corrected chi connectivity index (χ4v) is 1.19. The molecule has 0 bridgehead atoms. The van der Waals surface area contributed by atoms with Crippen LogP contribution in [-0.2, 0) is 4.79 Å². The SMILES string of the molecule is O=C(O)CCCC=CC=Cc1cccnc1. The molecule has 0 amide bonds. The van der Waals surface area contributed by atoms with Crippen molar-refractivity contribution in [3.63, 3.8) is 0 Å². The molecule has 16 heavy (non-hydrogen) atoms. The second-order valence-corrected chi connectivity index (χ2v) is 3.36. The van der Waals surface area contributed by atoms with Gasteiger partial charge in [-0.15, -0.1) is 0 Å². The Morgan fingerprint density at radius 1 is 1.44 bits per heavy atom. The minimum atomic E-state index is -0.737. The first-order chi connectivity index (χ1) is 7.79. The Hall–Kier alpha value is -1.90. The topological polar surface area (TPSA) is 50.2 Å². The third-order valence-corrected chi connectivity index (χ3v) is 1.98. The van der Waals surface area contributed by atoms with E-state index in [2.05, 4.69) is 4.98 Å². The molecule has 84 valence electrons. The summed E-state index contributed by atoms with van der Waals surface area (Å²) in [6, 6.07) is 3.86. The summed E-state index contributed by atoms with van der Waals surface area (Å²) in [6.45, 7) is 0. The number of unbranched alkanes of at least 4 members (excludes halogenated alkanes) is 1. The van der Waals surface area contributed by atoms with Crippen LogP contribution < -0.4 is 0 Å². The summed E-state index contributed by atoms with van der Waals surface area (Å²) in [5, 5.41) is 8.42. The van der Waals surface area contributed by atoms with Gasteiger partial charge in [0.25, 0.3) is 0 Å². The fourth-order valence-electron chi connectivity index (χ4n) is 1.19. The van der Waals surface area contributed by atoms with Crippen LogP contribution in [0.2, 0.25) is 0 Å². The lowest BCUT2D eigenvalue weighted by atomic mass is 10.2. The molecule has 3 heteroatoms. The molecule has 1 N–H and O–H groups in total. The predicted octanol–water partition coefficient (Wildman–Crippen LogP) is 2.91. The maximum absolute atomic E-state index is 10.2. The molecule has 0 atom stereocenters. The monoisotopic (exact) mass is 217 g/mol. The molecule has 0 unspecified atom stereocenters. The fraction of sp³-hybridized carbons (Fsp3) is 0.231. The van der Waals surface area contributed by atoms with Crippen LogP contribution in [-0.4, -0.2) is 16.1 Å². The van der Waals surface area contributed by atoms with Crippen LogP contribution in [0.15, 0.2) is 42.8 Å². The summed E-state index contributed by atoms with van der Waals surface area (Å²) in [5.41, 5.74) is 1.05. The summed E-state index contributed by atoms with van der Waals surface area (Å²) in [5.74, 6) is -0.737. The first-order valence-electron chi connectivity index (χ1n) is 5.24. The molecule has 0 aliphatic carbocycles. The Morgan fingerprint density at radius 2 is 2.31 bits per heavy atom. The molecule has 1 rings (SSSR count). The molecule has 0 aliphatic heterocycles. The zero-order valence-corrected chi connectivity index (χ0v) is 9.04. The van der Waals surface area contributed by atoms with Gasteiger partial charge in [0.15, 0.2) is 0 Å². The van der Waals surface area contributed by atoms with Crippen molar-refractivity contribution in [2.75, 3.05) is 0 Å². The van der Waals surface area contributed by atoms with Crippen LogP contribution >= 0.6 is 0 Å². The molecule has 0 saturated heterocycles. The van der Waals surface area contributed by atoms with Gasteiger partial charge in [0, 0.05) is 18.8 Å². The van der Waals surface area contributed by atoms with E-state index in [1.807, 2.05) is 36.4 Å². The van der Waals surface area contributed by atoms with E-state index in [9.17, 15) is 4.79 Å². The molecule has 0 fully saturated rings. The molecule has 0 saturated carbocycles. The van der Waals surface area contributed by atoms with E-state index in [1.165, 1.54) is 0 Å².